The van der Waals surface area contributed by atoms with Crippen molar-refractivity contribution in [1.82, 2.24) is 0 Å². The highest BCUT2D eigenvalue weighted by Gasteiger charge is 2.22. The molecule has 0 spiro atoms. The molecule has 0 saturated heterocycles. The average molecular weight is 384 g/mol. The summed E-state index contributed by atoms with van der Waals surface area (Å²) in [6, 6.07) is 7.08. The molecule has 1 aliphatic heterocycles. The molecule has 2 N–H and O–H groups in total. The van der Waals surface area contributed by atoms with E-state index in [9.17, 15) is 22.0 Å². The van der Waals surface area contributed by atoms with Gasteiger partial charge < -0.3 is 5.32 Å². The topological polar surface area (TPSA) is 75.3 Å². The van der Waals surface area contributed by atoms with Gasteiger partial charge in [-0.3, -0.25) is 9.52 Å². The van der Waals surface area contributed by atoms with Gasteiger partial charge in [-0.2, -0.15) is 0 Å². The molecule has 1 heterocycles. The van der Waals surface area contributed by atoms with Gasteiger partial charge in [0, 0.05) is 22.6 Å². The zero-order chi connectivity index (χ0) is 18.2. The Bertz CT molecular complexity index is 948. The predicted molar refractivity (Wildman–Crippen MR) is 92.2 cm³/mol. The van der Waals surface area contributed by atoms with Crippen LogP contribution >= 0.6 is 11.8 Å². The van der Waals surface area contributed by atoms with Crippen LogP contribution < -0.4 is 10.0 Å². The molecule has 1 aliphatic rings. The monoisotopic (exact) mass is 384 g/mol. The quantitative estimate of drug-likeness (QED) is 0.848. The molecule has 0 radical (unpaired) electrons. The van der Waals surface area contributed by atoms with Crippen LogP contribution in [-0.4, -0.2) is 19.6 Å². The zero-order valence-corrected chi connectivity index (χ0v) is 14.7. The van der Waals surface area contributed by atoms with Crippen LogP contribution in [0.1, 0.15) is 13.3 Å². The lowest BCUT2D eigenvalue weighted by Gasteiger charge is -2.12. The van der Waals surface area contributed by atoms with E-state index in [-0.39, 0.29) is 21.7 Å². The van der Waals surface area contributed by atoms with Gasteiger partial charge in [0.05, 0.1) is 16.3 Å². The van der Waals surface area contributed by atoms with Gasteiger partial charge in [0.2, 0.25) is 5.91 Å². The lowest BCUT2D eigenvalue weighted by molar-refractivity contribution is -0.116. The van der Waals surface area contributed by atoms with Crippen molar-refractivity contribution >= 4 is 39.1 Å². The molecule has 0 bridgehead atoms. The molecule has 5 nitrogen and oxygen atoms in total. The summed E-state index contributed by atoms with van der Waals surface area (Å²) < 4.78 is 53.3. The first-order chi connectivity index (χ1) is 11.7. The Kier molecular flexibility index (Phi) is 4.70. The molecule has 2 aromatic carbocycles. The smallest absolute Gasteiger partial charge is 0.261 e. The Morgan fingerprint density at radius 1 is 1.16 bits per heavy atom. The van der Waals surface area contributed by atoms with Gasteiger partial charge in [0.1, 0.15) is 0 Å². The number of halogens is 2. The first kappa shape index (κ1) is 17.7. The van der Waals surface area contributed by atoms with Gasteiger partial charge in [-0.25, -0.2) is 17.2 Å². The molecule has 0 aromatic heterocycles. The minimum atomic E-state index is -4.02. The minimum absolute atomic E-state index is 0.0732. The van der Waals surface area contributed by atoms with Gasteiger partial charge >= 0.3 is 0 Å². The minimum Gasteiger partial charge on any atom is -0.325 e. The van der Waals surface area contributed by atoms with Crippen molar-refractivity contribution in [3.8, 4) is 0 Å². The van der Waals surface area contributed by atoms with E-state index in [2.05, 4.69) is 10.0 Å². The maximum absolute atomic E-state index is 13.2. The second-order valence-electron chi connectivity index (χ2n) is 5.57. The van der Waals surface area contributed by atoms with Crippen LogP contribution in [0, 0.1) is 11.6 Å². The highest BCUT2D eigenvalue weighted by Crippen LogP contribution is 2.36. The third-order valence-electron chi connectivity index (χ3n) is 3.51. The number of nitrogens with one attached hydrogen (secondary N) is 2. The third-order valence-corrected chi connectivity index (χ3v) is 6.07. The zero-order valence-electron chi connectivity index (χ0n) is 13.0. The van der Waals surface area contributed by atoms with Crippen LogP contribution in [0.3, 0.4) is 0 Å². The van der Waals surface area contributed by atoms with Crippen molar-refractivity contribution in [3.63, 3.8) is 0 Å². The molecule has 132 valence electrons. The number of carbonyl (C=O) groups is 1. The van der Waals surface area contributed by atoms with E-state index < -0.39 is 21.7 Å². The lowest BCUT2D eigenvalue weighted by Crippen LogP contribution is -2.15. The van der Waals surface area contributed by atoms with Crippen molar-refractivity contribution in [2.75, 3.05) is 10.0 Å². The standard InChI is InChI=1S/C16H14F2N2O3S2/c1-9-6-16(21)19-14-8-11(3-5-15(14)24-9)25(22,23)20-10-2-4-12(17)13(18)7-10/h2-5,7-9,20H,6H2,1H3,(H,19,21)/t9-/m0/s1. The number of hydrogen-bond acceptors (Lipinski definition) is 4. The average Bonchev–Trinajstić information content (AvgIpc) is 2.66. The summed E-state index contributed by atoms with van der Waals surface area (Å²) in [5.41, 5.74) is 0.313. The van der Waals surface area contributed by atoms with E-state index in [0.717, 1.165) is 23.1 Å². The number of benzene rings is 2. The van der Waals surface area contributed by atoms with E-state index in [0.29, 0.717) is 12.1 Å². The molecule has 3 rings (SSSR count). The lowest BCUT2D eigenvalue weighted by atomic mass is 10.3. The molecule has 9 heteroatoms. The number of sulfonamides is 1. The Hall–Kier alpha value is -2.13. The molecule has 0 aliphatic carbocycles. The van der Waals surface area contributed by atoms with Crippen molar-refractivity contribution in [3.05, 3.63) is 48.0 Å². The van der Waals surface area contributed by atoms with Gasteiger partial charge in [-0.05, 0) is 30.3 Å². The summed E-state index contributed by atoms with van der Waals surface area (Å²) in [6.45, 7) is 1.91. The molecule has 0 unspecified atom stereocenters. The molecular formula is C16H14F2N2O3S2. The van der Waals surface area contributed by atoms with Gasteiger partial charge in [-0.15, -0.1) is 11.8 Å². The van der Waals surface area contributed by atoms with E-state index in [1.807, 2.05) is 6.92 Å². The first-order valence-corrected chi connectivity index (χ1v) is 9.69. The van der Waals surface area contributed by atoms with Gasteiger partial charge in [0.15, 0.2) is 11.6 Å². The normalized spacial score (nSPS) is 17.4. The van der Waals surface area contributed by atoms with Crippen molar-refractivity contribution in [2.24, 2.45) is 0 Å². The number of hydrogen-bond donors (Lipinski definition) is 2. The summed E-state index contributed by atoms with van der Waals surface area (Å²) in [7, 11) is -4.02. The number of anilines is 2. The summed E-state index contributed by atoms with van der Waals surface area (Å²) in [6.07, 6.45) is 0.328. The number of carbonyl (C=O) groups excluding carboxylic acids is 1. The highest BCUT2D eigenvalue weighted by molar-refractivity contribution is 8.00. The SMILES string of the molecule is C[C@H]1CC(=O)Nc2cc(S(=O)(=O)Nc3ccc(F)c(F)c3)ccc2S1. The van der Waals surface area contributed by atoms with Crippen LogP contribution in [0.4, 0.5) is 20.2 Å². The number of thioether (sulfide) groups is 1. The molecular weight excluding hydrogens is 370 g/mol. The summed E-state index contributed by atoms with van der Waals surface area (Å²) in [5, 5.41) is 2.76. The molecule has 25 heavy (non-hydrogen) atoms. The van der Waals surface area contributed by atoms with Crippen LogP contribution in [0.15, 0.2) is 46.2 Å². The number of fused-ring (bicyclic) bond motifs is 1. The summed E-state index contributed by atoms with van der Waals surface area (Å²) >= 11 is 1.47. The Morgan fingerprint density at radius 3 is 2.64 bits per heavy atom. The van der Waals surface area contributed by atoms with Crippen LogP contribution in [0.25, 0.3) is 0 Å². The summed E-state index contributed by atoms with van der Waals surface area (Å²) in [5.74, 6) is -2.41. The first-order valence-electron chi connectivity index (χ1n) is 7.33. The Balaban J connectivity index is 1.92. The van der Waals surface area contributed by atoms with Crippen molar-refractivity contribution < 1.29 is 22.0 Å². The van der Waals surface area contributed by atoms with E-state index >= 15 is 0 Å². The summed E-state index contributed by atoms with van der Waals surface area (Å²) in [4.78, 5) is 12.5. The maximum Gasteiger partial charge on any atom is 0.261 e. The third kappa shape index (κ3) is 3.93. The number of rotatable bonds is 3. The Labute approximate surface area is 147 Å². The molecule has 1 amide bonds. The van der Waals surface area contributed by atoms with Crippen LogP contribution in [-0.2, 0) is 14.8 Å². The fourth-order valence-corrected chi connectivity index (χ4v) is 4.50. The predicted octanol–water partition coefficient (Wildman–Crippen LogP) is 3.59. The molecule has 0 fully saturated rings. The van der Waals surface area contributed by atoms with E-state index in [4.69, 9.17) is 0 Å². The number of amides is 1. The molecule has 2 aromatic rings. The van der Waals surface area contributed by atoms with Gasteiger partial charge in [0.25, 0.3) is 10.0 Å². The van der Waals surface area contributed by atoms with Crippen molar-refractivity contribution in [1.29, 1.82) is 0 Å². The largest absolute Gasteiger partial charge is 0.325 e. The van der Waals surface area contributed by atoms with Crippen LogP contribution in [0.2, 0.25) is 0 Å². The fourth-order valence-electron chi connectivity index (χ4n) is 2.37. The van der Waals surface area contributed by atoms with E-state index in [1.165, 1.54) is 23.9 Å². The molecule has 1 atom stereocenters. The van der Waals surface area contributed by atoms with Crippen LogP contribution in [0.5, 0.6) is 0 Å². The molecule has 0 saturated carbocycles. The van der Waals surface area contributed by atoms with Crippen molar-refractivity contribution in [2.45, 2.75) is 28.4 Å². The second kappa shape index (κ2) is 6.64. The maximum atomic E-state index is 13.2. The fraction of sp³-hybridized carbons (Fsp3) is 0.188. The highest BCUT2D eigenvalue weighted by atomic mass is 32.2. The van der Waals surface area contributed by atoms with E-state index in [1.54, 1.807) is 6.07 Å². The second-order valence-corrected chi connectivity index (χ2v) is 8.74. The van der Waals surface area contributed by atoms with Gasteiger partial charge in [-0.1, -0.05) is 6.92 Å². The Morgan fingerprint density at radius 2 is 1.92 bits per heavy atom.